The number of rotatable bonds is 5. The molecule has 0 atom stereocenters. The summed E-state index contributed by atoms with van der Waals surface area (Å²) in [5.41, 5.74) is 0.616. The van der Waals surface area contributed by atoms with Crippen LogP contribution in [0.5, 0.6) is 0 Å². The number of nitrogens with zero attached hydrogens (tertiary/aromatic N) is 5. The number of Topliss-reactive ketones (excluding diaryl/α,β-unsaturated/α-hetero) is 1. The Balaban J connectivity index is 2.13. The highest BCUT2D eigenvalue weighted by Gasteiger charge is 2.09. The normalized spacial score (nSPS) is 11.1. The summed E-state index contributed by atoms with van der Waals surface area (Å²) >= 11 is 0. The summed E-state index contributed by atoms with van der Waals surface area (Å²) < 4.78 is 3.58. The van der Waals surface area contributed by atoms with Crippen LogP contribution in [0.2, 0.25) is 0 Å². The summed E-state index contributed by atoms with van der Waals surface area (Å²) in [7, 11) is 0. The lowest BCUT2D eigenvalue weighted by Crippen LogP contribution is -2.13. The molecule has 0 aromatic carbocycles. The summed E-state index contributed by atoms with van der Waals surface area (Å²) in [5, 5.41) is 8.34. The first-order chi connectivity index (χ1) is 8.56. The Hall–Kier alpha value is -1.98. The minimum Gasteiger partial charge on any atom is -0.294 e. The zero-order valence-electron chi connectivity index (χ0n) is 10.9. The molecule has 0 saturated carbocycles. The van der Waals surface area contributed by atoms with Gasteiger partial charge in [0, 0.05) is 12.7 Å². The fourth-order valence-corrected chi connectivity index (χ4v) is 1.69. The Kier molecular flexibility index (Phi) is 3.55. The van der Waals surface area contributed by atoms with Gasteiger partial charge in [-0.2, -0.15) is 10.2 Å². The Morgan fingerprint density at radius 1 is 1.39 bits per heavy atom. The maximum atomic E-state index is 11.2. The maximum absolute atomic E-state index is 11.2. The van der Waals surface area contributed by atoms with Gasteiger partial charge in [-0.1, -0.05) is 13.8 Å². The van der Waals surface area contributed by atoms with Crippen molar-refractivity contribution in [1.29, 1.82) is 0 Å². The predicted octanol–water partition coefficient (Wildman–Crippen LogP) is 1.38. The summed E-state index contributed by atoms with van der Waals surface area (Å²) in [6.07, 6.45) is 4.86. The van der Waals surface area contributed by atoms with E-state index < -0.39 is 0 Å². The van der Waals surface area contributed by atoms with Gasteiger partial charge in [-0.25, -0.2) is 9.67 Å². The molecule has 18 heavy (non-hydrogen) atoms. The molecule has 0 unspecified atom stereocenters. The fourth-order valence-electron chi connectivity index (χ4n) is 1.69. The highest BCUT2D eigenvalue weighted by atomic mass is 16.1. The van der Waals surface area contributed by atoms with Gasteiger partial charge in [0.1, 0.15) is 18.7 Å². The van der Waals surface area contributed by atoms with E-state index in [1.165, 1.54) is 6.92 Å². The van der Waals surface area contributed by atoms with Gasteiger partial charge in [0.25, 0.3) is 0 Å². The third kappa shape index (κ3) is 2.82. The second kappa shape index (κ2) is 5.12. The van der Waals surface area contributed by atoms with Crippen LogP contribution >= 0.6 is 0 Å². The van der Waals surface area contributed by atoms with Crippen molar-refractivity contribution in [3.8, 4) is 0 Å². The minimum atomic E-state index is 0.0184. The number of aromatic nitrogens is 5. The lowest BCUT2D eigenvalue weighted by molar-refractivity contribution is 0.101. The van der Waals surface area contributed by atoms with Crippen molar-refractivity contribution in [3.63, 3.8) is 0 Å². The van der Waals surface area contributed by atoms with Crippen LogP contribution in [0.25, 0.3) is 0 Å². The van der Waals surface area contributed by atoms with E-state index in [4.69, 9.17) is 0 Å². The van der Waals surface area contributed by atoms with E-state index in [0.29, 0.717) is 18.0 Å². The molecule has 2 heterocycles. The number of hydrogen-bond donors (Lipinski definition) is 0. The number of carbonyl (C=O) groups is 1. The second-order valence-electron chi connectivity index (χ2n) is 4.74. The number of hydrogen-bond acceptors (Lipinski definition) is 4. The number of ketones is 1. The highest BCUT2D eigenvalue weighted by Crippen LogP contribution is 2.05. The van der Waals surface area contributed by atoms with Crippen molar-refractivity contribution in [2.75, 3.05) is 0 Å². The Labute approximate surface area is 106 Å². The molecule has 0 bridgehead atoms. The molecule has 96 valence electrons. The fraction of sp³-hybridized carbons (Fsp3) is 0.500. The molecule has 2 rings (SSSR count). The third-order valence-electron chi connectivity index (χ3n) is 2.58. The van der Waals surface area contributed by atoms with E-state index in [1.54, 1.807) is 23.4 Å². The predicted molar refractivity (Wildman–Crippen MR) is 66.2 cm³/mol. The molecule has 6 nitrogen and oxygen atoms in total. The molecule has 0 radical (unpaired) electrons. The van der Waals surface area contributed by atoms with Crippen molar-refractivity contribution < 1.29 is 4.79 Å². The van der Waals surface area contributed by atoms with Crippen LogP contribution in [-0.4, -0.2) is 30.3 Å². The number of carbonyl (C=O) groups excluding carboxylic acids is 1. The van der Waals surface area contributed by atoms with Gasteiger partial charge in [0.15, 0.2) is 5.78 Å². The average molecular weight is 247 g/mol. The molecule has 0 aliphatic heterocycles. The summed E-state index contributed by atoms with van der Waals surface area (Å²) in [6, 6.07) is 0. The first-order valence-corrected chi connectivity index (χ1v) is 5.96. The van der Waals surface area contributed by atoms with Crippen LogP contribution in [0.1, 0.15) is 37.0 Å². The van der Waals surface area contributed by atoms with E-state index in [1.807, 2.05) is 4.68 Å². The topological polar surface area (TPSA) is 65.6 Å². The molecule has 0 saturated heterocycles. The molecule has 2 aromatic heterocycles. The van der Waals surface area contributed by atoms with Gasteiger partial charge in [0.2, 0.25) is 0 Å². The van der Waals surface area contributed by atoms with Crippen LogP contribution < -0.4 is 0 Å². The van der Waals surface area contributed by atoms with E-state index in [0.717, 1.165) is 12.4 Å². The Morgan fingerprint density at radius 2 is 2.17 bits per heavy atom. The zero-order valence-corrected chi connectivity index (χ0v) is 10.9. The van der Waals surface area contributed by atoms with Crippen LogP contribution in [0.3, 0.4) is 0 Å². The van der Waals surface area contributed by atoms with Crippen LogP contribution in [-0.2, 0) is 13.1 Å². The molecule has 6 heteroatoms. The van der Waals surface area contributed by atoms with Gasteiger partial charge in [-0.3, -0.25) is 9.48 Å². The van der Waals surface area contributed by atoms with Gasteiger partial charge < -0.3 is 0 Å². The molecule has 0 aliphatic carbocycles. The average Bonchev–Trinajstić information content (AvgIpc) is 2.89. The third-order valence-corrected chi connectivity index (χ3v) is 2.58. The zero-order chi connectivity index (χ0) is 13.1. The van der Waals surface area contributed by atoms with Crippen molar-refractivity contribution in [2.45, 2.75) is 33.9 Å². The quantitative estimate of drug-likeness (QED) is 0.749. The molecule has 0 spiro atoms. The Morgan fingerprint density at radius 3 is 2.78 bits per heavy atom. The molecule has 0 N–H and O–H groups in total. The van der Waals surface area contributed by atoms with Crippen LogP contribution in [0.4, 0.5) is 0 Å². The van der Waals surface area contributed by atoms with Gasteiger partial charge in [-0.05, 0) is 12.8 Å². The van der Waals surface area contributed by atoms with Crippen LogP contribution in [0, 0.1) is 5.92 Å². The monoisotopic (exact) mass is 247 g/mol. The lowest BCUT2D eigenvalue weighted by Gasteiger charge is -2.08. The molecule has 0 fully saturated rings. The summed E-state index contributed by atoms with van der Waals surface area (Å²) in [6.45, 7) is 7.15. The molecular weight excluding hydrogens is 230 g/mol. The van der Waals surface area contributed by atoms with E-state index in [9.17, 15) is 4.79 Å². The first kappa shape index (κ1) is 12.5. The smallest absolute Gasteiger partial charge is 0.162 e. The minimum absolute atomic E-state index is 0.0184. The largest absolute Gasteiger partial charge is 0.294 e. The molecular formula is C12H17N5O. The van der Waals surface area contributed by atoms with E-state index in [2.05, 4.69) is 29.0 Å². The van der Waals surface area contributed by atoms with Crippen molar-refractivity contribution in [2.24, 2.45) is 5.92 Å². The van der Waals surface area contributed by atoms with Crippen molar-refractivity contribution >= 4 is 5.78 Å². The van der Waals surface area contributed by atoms with Crippen molar-refractivity contribution in [3.05, 3.63) is 30.1 Å². The summed E-state index contributed by atoms with van der Waals surface area (Å²) in [5.74, 6) is 1.38. The molecule has 0 aliphatic rings. The van der Waals surface area contributed by atoms with E-state index in [-0.39, 0.29) is 5.78 Å². The summed E-state index contributed by atoms with van der Waals surface area (Å²) in [4.78, 5) is 15.4. The van der Waals surface area contributed by atoms with Gasteiger partial charge in [-0.15, -0.1) is 0 Å². The van der Waals surface area contributed by atoms with Crippen molar-refractivity contribution in [1.82, 2.24) is 24.5 Å². The highest BCUT2D eigenvalue weighted by molar-refractivity contribution is 5.93. The SMILES string of the molecule is CC(=O)c1cnn(Cc2ncnn2CC(C)C)c1. The lowest BCUT2D eigenvalue weighted by atomic mass is 10.2. The second-order valence-corrected chi connectivity index (χ2v) is 4.74. The van der Waals surface area contributed by atoms with Gasteiger partial charge in [0.05, 0.1) is 11.8 Å². The standard InChI is InChI=1S/C12H17N5O/c1-9(2)5-17-12(13-8-15-17)7-16-6-11(4-14-16)10(3)18/h4,6,8-9H,5,7H2,1-3H3. The first-order valence-electron chi connectivity index (χ1n) is 5.96. The van der Waals surface area contributed by atoms with Crippen LogP contribution in [0.15, 0.2) is 18.7 Å². The Bertz CT molecular complexity index is 540. The van der Waals surface area contributed by atoms with E-state index >= 15 is 0 Å². The van der Waals surface area contributed by atoms with Gasteiger partial charge >= 0.3 is 0 Å². The molecule has 0 amide bonds. The molecule has 2 aromatic rings. The maximum Gasteiger partial charge on any atom is 0.162 e.